The first-order valence-electron chi connectivity index (χ1n) is 12.5. The van der Waals surface area contributed by atoms with Crippen molar-refractivity contribution in [2.75, 3.05) is 0 Å². The van der Waals surface area contributed by atoms with E-state index in [4.69, 9.17) is 9.47 Å². The lowest BCUT2D eigenvalue weighted by atomic mass is 10.1. The summed E-state index contributed by atoms with van der Waals surface area (Å²) in [4.78, 5) is 25.1. The van der Waals surface area contributed by atoms with Crippen LogP contribution in [0.1, 0.15) is 57.5 Å². The molecule has 0 atom stereocenters. The van der Waals surface area contributed by atoms with Crippen molar-refractivity contribution in [2.24, 2.45) is 0 Å². The summed E-state index contributed by atoms with van der Waals surface area (Å²) in [6.45, 7) is 7.15. The van der Waals surface area contributed by atoms with E-state index in [9.17, 15) is 9.59 Å². The molecule has 0 unspecified atom stereocenters. The molecule has 3 aromatic carbocycles. The van der Waals surface area contributed by atoms with Gasteiger partial charge in [-0.05, 0) is 97.5 Å². The fourth-order valence-corrected chi connectivity index (χ4v) is 3.57. The first-order chi connectivity index (χ1) is 18.6. The van der Waals surface area contributed by atoms with Crippen LogP contribution in [0.25, 0.3) is 0 Å². The van der Waals surface area contributed by atoms with Gasteiger partial charge in [-0.2, -0.15) is 0 Å². The minimum Gasteiger partial charge on any atom is -0.423 e. The third-order valence-corrected chi connectivity index (χ3v) is 5.57. The second kappa shape index (κ2) is 15.3. The number of rotatable bonds is 10. The molecule has 4 heteroatoms. The van der Waals surface area contributed by atoms with Crippen molar-refractivity contribution in [1.82, 2.24) is 0 Å². The van der Waals surface area contributed by atoms with Crippen LogP contribution in [0, 0.1) is 23.7 Å². The van der Waals surface area contributed by atoms with E-state index in [0.717, 1.165) is 49.7 Å². The zero-order chi connectivity index (χ0) is 27.0. The SMILES string of the molecule is C=CC#CCCCc1ccc(OC(=O)c2ccc(C(=O)Oc3ccc(CCCC#CC=C)cc3)cc2)cc1. The fourth-order valence-electron chi connectivity index (χ4n) is 3.57. The second-order valence-corrected chi connectivity index (χ2v) is 8.40. The predicted molar refractivity (Wildman–Crippen MR) is 151 cm³/mol. The van der Waals surface area contributed by atoms with Crippen LogP contribution in [0.3, 0.4) is 0 Å². The standard InChI is InChI=1S/C34H30O4/c1-3-5-7-9-11-13-27-15-23-31(24-16-27)37-33(35)29-19-21-30(22-20-29)34(36)38-32-25-17-28(18-26-32)14-12-10-8-6-4-2/h3-4,15-26H,1-2,9-14H2. The highest BCUT2D eigenvalue weighted by molar-refractivity contribution is 5.94. The zero-order valence-corrected chi connectivity index (χ0v) is 21.4. The highest BCUT2D eigenvalue weighted by Crippen LogP contribution is 2.18. The lowest BCUT2D eigenvalue weighted by molar-refractivity contribution is 0.0720. The molecule has 0 aliphatic rings. The number of unbranched alkanes of at least 4 members (excludes halogenated alkanes) is 2. The molecule has 38 heavy (non-hydrogen) atoms. The van der Waals surface area contributed by atoms with E-state index in [1.165, 1.54) is 0 Å². The fraction of sp³-hybridized carbons (Fsp3) is 0.176. The van der Waals surface area contributed by atoms with Crippen molar-refractivity contribution < 1.29 is 19.1 Å². The molecule has 0 amide bonds. The number of carbonyl (C=O) groups is 2. The van der Waals surface area contributed by atoms with Crippen LogP contribution in [-0.2, 0) is 12.8 Å². The summed E-state index contributed by atoms with van der Waals surface area (Å²) in [5, 5.41) is 0. The summed E-state index contributed by atoms with van der Waals surface area (Å²) in [6.07, 6.45) is 8.50. The first kappa shape index (κ1) is 27.8. The highest BCUT2D eigenvalue weighted by Gasteiger charge is 2.13. The summed E-state index contributed by atoms with van der Waals surface area (Å²) in [7, 11) is 0. The van der Waals surface area contributed by atoms with Gasteiger partial charge in [-0.3, -0.25) is 0 Å². The maximum absolute atomic E-state index is 12.5. The molecule has 0 radical (unpaired) electrons. The van der Waals surface area contributed by atoms with Crippen molar-refractivity contribution in [2.45, 2.75) is 38.5 Å². The number of ether oxygens (including phenoxy) is 2. The topological polar surface area (TPSA) is 52.6 Å². The quantitative estimate of drug-likeness (QED) is 0.128. The van der Waals surface area contributed by atoms with Gasteiger partial charge in [0.2, 0.25) is 0 Å². The number of esters is 2. The Morgan fingerprint density at radius 3 is 1.32 bits per heavy atom. The number of allylic oxidation sites excluding steroid dienone is 2. The molecule has 0 fully saturated rings. The normalized spacial score (nSPS) is 9.68. The molecule has 4 nitrogen and oxygen atoms in total. The molecular weight excluding hydrogens is 472 g/mol. The summed E-state index contributed by atoms with van der Waals surface area (Å²) >= 11 is 0. The maximum atomic E-state index is 12.5. The van der Waals surface area contributed by atoms with E-state index in [1.54, 1.807) is 60.7 Å². The molecule has 0 aliphatic carbocycles. The zero-order valence-electron chi connectivity index (χ0n) is 21.4. The number of carbonyl (C=O) groups excluding carboxylic acids is 2. The molecule has 0 heterocycles. The van der Waals surface area contributed by atoms with E-state index < -0.39 is 11.9 Å². The number of benzene rings is 3. The molecule has 0 N–H and O–H groups in total. The van der Waals surface area contributed by atoms with Crippen LogP contribution >= 0.6 is 0 Å². The molecule has 0 saturated carbocycles. The van der Waals surface area contributed by atoms with Gasteiger partial charge in [-0.1, -0.05) is 61.1 Å². The number of hydrogen-bond acceptors (Lipinski definition) is 4. The molecule has 0 aliphatic heterocycles. The lowest BCUT2D eigenvalue weighted by Gasteiger charge is -2.08. The maximum Gasteiger partial charge on any atom is 0.343 e. The third-order valence-electron chi connectivity index (χ3n) is 5.57. The largest absolute Gasteiger partial charge is 0.423 e. The minimum atomic E-state index is -0.497. The molecule has 0 aromatic heterocycles. The average Bonchev–Trinajstić information content (AvgIpc) is 2.94. The summed E-state index contributed by atoms with van der Waals surface area (Å²) < 4.78 is 10.9. The Hall–Kier alpha value is -4.80. The molecule has 0 spiro atoms. The van der Waals surface area contributed by atoms with Gasteiger partial charge in [0, 0.05) is 12.8 Å². The van der Waals surface area contributed by atoms with Gasteiger partial charge in [-0.25, -0.2) is 9.59 Å². The van der Waals surface area contributed by atoms with E-state index in [1.807, 2.05) is 24.3 Å². The Bertz CT molecular complexity index is 1250. The van der Waals surface area contributed by atoms with Crippen LogP contribution in [0.2, 0.25) is 0 Å². The van der Waals surface area contributed by atoms with E-state index >= 15 is 0 Å². The van der Waals surface area contributed by atoms with Crippen LogP contribution in [-0.4, -0.2) is 11.9 Å². The Labute approximate surface area is 225 Å². The van der Waals surface area contributed by atoms with E-state index in [-0.39, 0.29) is 0 Å². The molecule has 190 valence electrons. The van der Waals surface area contributed by atoms with Gasteiger partial charge in [-0.15, -0.1) is 0 Å². The Balaban J connectivity index is 1.47. The van der Waals surface area contributed by atoms with Crippen LogP contribution in [0.15, 0.2) is 98.1 Å². The molecule has 3 rings (SSSR count). The lowest BCUT2D eigenvalue weighted by Crippen LogP contribution is -2.11. The van der Waals surface area contributed by atoms with Crippen molar-refractivity contribution in [3.05, 3.63) is 120 Å². The first-order valence-corrected chi connectivity index (χ1v) is 12.5. The van der Waals surface area contributed by atoms with Gasteiger partial charge in [0.1, 0.15) is 11.5 Å². The summed E-state index contributed by atoms with van der Waals surface area (Å²) in [6, 6.07) is 21.1. The molecule has 3 aromatic rings. The number of hydrogen-bond donors (Lipinski definition) is 0. The van der Waals surface area contributed by atoms with Crippen LogP contribution in [0.4, 0.5) is 0 Å². The number of aryl methyl sites for hydroxylation is 2. The Morgan fingerprint density at radius 1 is 0.605 bits per heavy atom. The average molecular weight is 503 g/mol. The van der Waals surface area contributed by atoms with E-state index in [2.05, 4.69) is 36.8 Å². The van der Waals surface area contributed by atoms with Gasteiger partial charge in [0.15, 0.2) is 0 Å². The summed E-state index contributed by atoms with van der Waals surface area (Å²) in [5.41, 5.74) is 2.98. The third kappa shape index (κ3) is 9.34. The monoisotopic (exact) mass is 502 g/mol. The smallest absolute Gasteiger partial charge is 0.343 e. The van der Waals surface area contributed by atoms with Crippen molar-refractivity contribution in [3.8, 4) is 35.2 Å². The van der Waals surface area contributed by atoms with Crippen molar-refractivity contribution in [3.63, 3.8) is 0 Å². The van der Waals surface area contributed by atoms with Crippen LogP contribution in [0.5, 0.6) is 11.5 Å². The van der Waals surface area contributed by atoms with E-state index in [0.29, 0.717) is 22.6 Å². The summed E-state index contributed by atoms with van der Waals surface area (Å²) in [5.74, 6) is 11.7. The second-order valence-electron chi connectivity index (χ2n) is 8.40. The molecular formula is C34H30O4. The van der Waals surface area contributed by atoms with Crippen molar-refractivity contribution >= 4 is 11.9 Å². The Kier molecular flexibility index (Phi) is 11.2. The van der Waals surface area contributed by atoms with Gasteiger partial charge in [0.25, 0.3) is 0 Å². The van der Waals surface area contributed by atoms with Gasteiger partial charge in [0.05, 0.1) is 11.1 Å². The predicted octanol–water partition coefficient (Wildman–Crippen LogP) is 7.15. The van der Waals surface area contributed by atoms with Gasteiger partial charge < -0.3 is 9.47 Å². The molecule has 0 saturated heterocycles. The highest BCUT2D eigenvalue weighted by atomic mass is 16.5. The van der Waals surface area contributed by atoms with Crippen molar-refractivity contribution in [1.29, 1.82) is 0 Å². The van der Waals surface area contributed by atoms with Crippen LogP contribution < -0.4 is 9.47 Å². The minimum absolute atomic E-state index is 0.341. The molecule has 0 bridgehead atoms. The Morgan fingerprint density at radius 2 is 0.974 bits per heavy atom. The van der Waals surface area contributed by atoms with Gasteiger partial charge >= 0.3 is 11.9 Å².